The molecule has 0 aromatic heterocycles. The number of likely N-dealkylation sites (tertiary alicyclic amines) is 1. The van der Waals surface area contributed by atoms with E-state index in [9.17, 15) is 19.8 Å². The molecule has 1 aliphatic heterocycles. The van der Waals surface area contributed by atoms with Gasteiger partial charge in [-0.3, -0.25) is 4.79 Å². The predicted molar refractivity (Wildman–Crippen MR) is 92.0 cm³/mol. The van der Waals surface area contributed by atoms with Gasteiger partial charge in [0.25, 0.3) is 5.91 Å². The van der Waals surface area contributed by atoms with Gasteiger partial charge in [0.2, 0.25) is 5.60 Å². The second-order valence-corrected chi connectivity index (χ2v) is 7.49. The molecule has 1 aromatic rings. The largest absolute Gasteiger partial charge is 0.508 e. The highest BCUT2D eigenvalue weighted by molar-refractivity contribution is 5.91. The normalized spacial score (nSPS) is 22.0. The summed E-state index contributed by atoms with van der Waals surface area (Å²) in [6, 6.07) is 6.05. The van der Waals surface area contributed by atoms with Crippen LogP contribution in [-0.2, 0) is 15.1 Å². The quantitative estimate of drug-likeness (QED) is 0.768. The number of alkyl carbamates (subject to hydrolysis) is 1. The minimum atomic E-state index is -1.46. The molecule has 0 aliphatic carbocycles. The SMILES string of the molecule is CC(O)CN1CCC(OC(=O)NC(C)(C)C)(c2ccc(O)cc2)C1=O. The Balaban J connectivity index is 2.34. The van der Waals surface area contributed by atoms with Gasteiger partial charge in [-0.2, -0.15) is 0 Å². The van der Waals surface area contributed by atoms with Crippen LogP contribution in [0.4, 0.5) is 4.79 Å². The van der Waals surface area contributed by atoms with E-state index in [1.807, 2.05) is 20.8 Å². The molecule has 1 fully saturated rings. The van der Waals surface area contributed by atoms with Crippen molar-refractivity contribution >= 4 is 12.0 Å². The topological polar surface area (TPSA) is 99.1 Å². The van der Waals surface area contributed by atoms with Crippen molar-refractivity contribution in [2.75, 3.05) is 13.1 Å². The van der Waals surface area contributed by atoms with Crippen LogP contribution in [0.3, 0.4) is 0 Å². The number of amides is 2. The van der Waals surface area contributed by atoms with Crippen LogP contribution in [0, 0.1) is 0 Å². The standard InChI is InChI=1S/C18H26N2O5/c1-12(21)11-20-10-9-18(15(20)23,13-5-7-14(22)8-6-13)25-16(24)19-17(2,3)4/h5-8,12,21-22H,9-11H2,1-4H3,(H,19,24). The Kier molecular flexibility index (Phi) is 5.27. The van der Waals surface area contributed by atoms with Gasteiger partial charge < -0.3 is 25.2 Å². The molecular weight excluding hydrogens is 324 g/mol. The molecule has 2 rings (SSSR count). The fourth-order valence-electron chi connectivity index (χ4n) is 2.89. The summed E-state index contributed by atoms with van der Waals surface area (Å²) in [5, 5.41) is 21.8. The van der Waals surface area contributed by atoms with Crippen LogP contribution in [0.1, 0.15) is 39.7 Å². The number of benzene rings is 1. The van der Waals surface area contributed by atoms with Gasteiger partial charge in [0.15, 0.2) is 0 Å². The lowest BCUT2D eigenvalue weighted by Crippen LogP contribution is -2.48. The maximum absolute atomic E-state index is 13.0. The second kappa shape index (κ2) is 6.92. The van der Waals surface area contributed by atoms with E-state index in [2.05, 4.69) is 5.32 Å². The Morgan fingerprint density at radius 3 is 2.48 bits per heavy atom. The Morgan fingerprint density at radius 2 is 1.96 bits per heavy atom. The zero-order valence-electron chi connectivity index (χ0n) is 15.1. The number of carbonyl (C=O) groups is 2. The summed E-state index contributed by atoms with van der Waals surface area (Å²) in [7, 11) is 0. The van der Waals surface area contributed by atoms with Crippen molar-refractivity contribution in [3.8, 4) is 5.75 Å². The molecule has 1 heterocycles. The van der Waals surface area contributed by atoms with E-state index >= 15 is 0 Å². The third-order valence-corrected chi connectivity index (χ3v) is 3.93. The van der Waals surface area contributed by atoms with Gasteiger partial charge in [0, 0.05) is 30.6 Å². The first-order chi connectivity index (χ1) is 11.5. The van der Waals surface area contributed by atoms with Gasteiger partial charge in [-0.1, -0.05) is 12.1 Å². The molecule has 0 spiro atoms. The first kappa shape index (κ1) is 19.1. The highest BCUT2D eigenvalue weighted by Crippen LogP contribution is 2.38. The molecule has 2 unspecified atom stereocenters. The maximum atomic E-state index is 13.0. The van der Waals surface area contributed by atoms with Crippen LogP contribution in [0.2, 0.25) is 0 Å². The van der Waals surface area contributed by atoms with E-state index in [1.165, 1.54) is 17.0 Å². The van der Waals surface area contributed by atoms with Crippen molar-refractivity contribution in [2.45, 2.75) is 51.4 Å². The van der Waals surface area contributed by atoms with E-state index < -0.39 is 23.3 Å². The third kappa shape index (κ3) is 4.42. The smallest absolute Gasteiger partial charge is 0.408 e. The van der Waals surface area contributed by atoms with E-state index in [4.69, 9.17) is 4.74 Å². The third-order valence-electron chi connectivity index (χ3n) is 3.93. The molecule has 0 bridgehead atoms. The summed E-state index contributed by atoms with van der Waals surface area (Å²) >= 11 is 0. The lowest BCUT2D eigenvalue weighted by atomic mass is 9.91. The molecule has 1 aliphatic rings. The average Bonchev–Trinajstić information content (AvgIpc) is 2.75. The number of carbonyl (C=O) groups excluding carboxylic acids is 2. The van der Waals surface area contributed by atoms with Gasteiger partial charge in [0.1, 0.15) is 5.75 Å². The van der Waals surface area contributed by atoms with Crippen molar-refractivity contribution < 1.29 is 24.5 Å². The second-order valence-electron chi connectivity index (χ2n) is 7.49. The number of nitrogens with one attached hydrogen (secondary N) is 1. The van der Waals surface area contributed by atoms with Gasteiger partial charge in [-0.05, 0) is 39.8 Å². The fourth-order valence-corrected chi connectivity index (χ4v) is 2.89. The van der Waals surface area contributed by atoms with E-state index in [0.29, 0.717) is 12.1 Å². The molecule has 1 saturated heterocycles. The number of β-amino-alcohol motifs (C(OH)–C–C–N with tert-alkyl or cyclic N) is 1. The number of aliphatic hydroxyl groups is 1. The Hall–Kier alpha value is -2.28. The summed E-state index contributed by atoms with van der Waals surface area (Å²) in [5.41, 5.74) is -1.47. The molecule has 7 heteroatoms. The number of ether oxygens (including phenoxy) is 1. The molecule has 0 radical (unpaired) electrons. The lowest BCUT2D eigenvalue weighted by molar-refractivity contribution is -0.145. The lowest BCUT2D eigenvalue weighted by Gasteiger charge is -2.30. The van der Waals surface area contributed by atoms with Crippen molar-refractivity contribution in [1.29, 1.82) is 0 Å². The van der Waals surface area contributed by atoms with Crippen molar-refractivity contribution in [1.82, 2.24) is 10.2 Å². The summed E-state index contributed by atoms with van der Waals surface area (Å²) in [4.78, 5) is 26.8. The summed E-state index contributed by atoms with van der Waals surface area (Å²) < 4.78 is 5.62. The number of hydrogen-bond donors (Lipinski definition) is 3. The number of aromatic hydroxyl groups is 1. The summed E-state index contributed by atoms with van der Waals surface area (Å²) in [6.07, 6.45) is -1.09. The first-order valence-electron chi connectivity index (χ1n) is 8.31. The van der Waals surface area contributed by atoms with Gasteiger partial charge in [-0.15, -0.1) is 0 Å². The van der Waals surface area contributed by atoms with E-state index in [0.717, 1.165) is 0 Å². The average molecular weight is 350 g/mol. The Morgan fingerprint density at radius 1 is 1.36 bits per heavy atom. The zero-order chi connectivity index (χ0) is 18.8. The molecule has 25 heavy (non-hydrogen) atoms. The summed E-state index contributed by atoms with van der Waals surface area (Å²) in [5.74, 6) is -0.313. The van der Waals surface area contributed by atoms with Gasteiger partial charge in [0.05, 0.1) is 6.10 Å². The van der Waals surface area contributed by atoms with Crippen LogP contribution in [-0.4, -0.2) is 51.8 Å². The fraction of sp³-hybridized carbons (Fsp3) is 0.556. The molecule has 2 atom stereocenters. The number of rotatable bonds is 4. The van der Waals surface area contributed by atoms with Crippen LogP contribution >= 0.6 is 0 Å². The highest BCUT2D eigenvalue weighted by Gasteiger charge is 2.52. The van der Waals surface area contributed by atoms with Gasteiger partial charge >= 0.3 is 6.09 Å². The minimum Gasteiger partial charge on any atom is -0.508 e. The number of phenolic OH excluding ortho intramolecular Hbond substituents is 1. The molecule has 2 amide bonds. The molecule has 1 aromatic carbocycles. The molecular formula is C18H26N2O5. The van der Waals surface area contributed by atoms with Crippen LogP contribution < -0.4 is 5.32 Å². The van der Waals surface area contributed by atoms with Crippen molar-refractivity contribution in [3.63, 3.8) is 0 Å². The van der Waals surface area contributed by atoms with Crippen LogP contribution in [0.15, 0.2) is 24.3 Å². The molecule has 7 nitrogen and oxygen atoms in total. The van der Waals surface area contributed by atoms with E-state index in [1.54, 1.807) is 19.1 Å². The monoisotopic (exact) mass is 350 g/mol. The number of nitrogens with zero attached hydrogens (tertiary/aromatic N) is 1. The Labute approximate surface area is 147 Å². The van der Waals surface area contributed by atoms with E-state index in [-0.39, 0.29) is 24.6 Å². The van der Waals surface area contributed by atoms with Crippen molar-refractivity contribution in [3.05, 3.63) is 29.8 Å². The molecule has 3 N–H and O–H groups in total. The van der Waals surface area contributed by atoms with Crippen molar-refractivity contribution in [2.24, 2.45) is 0 Å². The molecule has 0 saturated carbocycles. The van der Waals surface area contributed by atoms with Crippen LogP contribution in [0.5, 0.6) is 5.75 Å². The number of hydrogen-bond acceptors (Lipinski definition) is 5. The zero-order valence-corrected chi connectivity index (χ0v) is 15.1. The van der Waals surface area contributed by atoms with Crippen LogP contribution in [0.25, 0.3) is 0 Å². The molecule has 138 valence electrons. The minimum absolute atomic E-state index is 0.0596. The number of aliphatic hydroxyl groups excluding tert-OH is 1. The first-order valence-corrected chi connectivity index (χ1v) is 8.31. The highest BCUT2D eigenvalue weighted by atomic mass is 16.6. The predicted octanol–water partition coefficient (Wildman–Crippen LogP) is 1.73. The number of phenols is 1. The van der Waals surface area contributed by atoms with Gasteiger partial charge in [-0.25, -0.2) is 4.79 Å². The maximum Gasteiger partial charge on any atom is 0.408 e. The Bertz CT molecular complexity index is 636. The summed E-state index contributed by atoms with van der Waals surface area (Å²) in [6.45, 7) is 7.59.